The van der Waals surface area contributed by atoms with Crippen LogP contribution in [0.15, 0.2) is 27.5 Å². The van der Waals surface area contributed by atoms with Crippen LogP contribution in [0.25, 0.3) is 11.1 Å². The van der Waals surface area contributed by atoms with E-state index in [0.717, 1.165) is 25.7 Å². The highest BCUT2D eigenvalue weighted by Crippen LogP contribution is 2.31. The second-order valence-corrected chi connectivity index (χ2v) is 7.77. The highest BCUT2D eigenvalue weighted by molar-refractivity contribution is 7.90. The highest BCUT2D eigenvalue weighted by atomic mass is 32.2. The third kappa shape index (κ3) is 2.58. The predicted molar refractivity (Wildman–Crippen MR) is 76.2 cm³/mol. The van der Waals surface area contributed by atoms with Gasteiger partial charge in [-0.15, -0.1) is 0 Å². The Morgan fingerprint density at radius 3 is 2.70 bits per heavy atom. The number of nitrogens with zero attached hydrogens (tertiary/aromatic N) is 1. The SMILES string of the molecule is CS(=O)(=O)c1ccc2oc(CC3(N)CCCC3)nc2c1. The monoisotopic (exact) mass is 294 g/mol. The summed E-state index contributed by atoms with van der Waals surface area (Å²) in [5.74, 6) is 0.593. The maximum Gasteiger partial charge on any atom is 0.197 e. The molecule has 0 bridgehead atoms. The standard InChI is InChI=1S/C14H18N2O3S/c1-20(17,18)10-4-5-12-11(8-10)16-13(19-12)9-14(15)6-2-3-7-14/h4-5,8H,2-3,6-7,9,15H2,1H3. The van der Waals surface area contributed by atoms with Crippen molar-refractivity contribution in [3.8, 4) is 0 Å². The van der Waals surface area contributed by atoms with Crippen molar-refractivity contribution in [3.63, 3.8) is 0 Å². The van der Waals surface area contributed by atoms with E-state index in [1.807, 2.05) is 0 Å². The molecule has 1 fully saturated rings. The molecule has 2 aromatic rings. The first-order chi connectivity index (χ1) is 9.36. The van der Waals surface area contributed by atoms with Gasteiger partial charge in [-0.05, 0) is 31.0 Å². The molecule has 0 unspecified atom stereocenters. The number of fused-ring (bicyclic) bond motifs is 1. The zero-order valence-electron chi connectivity index (χ0n) is 11.4. The fraction of sp³-hybridized carbons (Fsp3) is 0.500. The lowest BCUT2D eigenvalue weighted by Gasteiger charge is -2.20. The number of nitrogens with two attached hydrogens (primary N) is 1. The van der Waals surface area contributed by atoms with Gasteiger partial charge in [0.15, 0.2) is 21.3 Å². The van der Waals surface area contributed by atoms with Gasteiger partial charge in [-0.1, -0.05) is 12.8 Å². The lowest BCUT2D eigenvalue weighted by molar-refractivity contribution is 0.385. The molecule has 0 radical (unpaired) electrons. The second kappa shape index (κ2) is 4.56. The molecular formula is C14H18N2O3S. The van der Waals surface area contributed by atoms with E-state index in [2.05, 4.69) is 4.98 Å². The van der Waals surface area contributed by atoms with Crippen LogP contribution in [0.3, 0.4) is 0 Å². The van der Waals surface area contributed by atoms with Gasteiger partial charge in [0.25, 0.3) is 0 Å². The Morgan fingerprint density at radius 1 is 1.35 bits per heavy atom. The normalized spacial score (nSPS) is 18.7. The van der Waals surface area contributed by atoms with Crippen molar-refractivity contribution < 1.29 is 12.8 Å². The quantitative estimate of drug-likeness (QED) is 0.936. The Bertz CT molecular complexity index is 743. The highest BCUT2D eigenvalue weighted by Gasteiger charge is 2.31. The van der Waals surface area contributed by atoms with Crippen LogP contribution in [0.1, 0.15) is 31.6 Å². The Morgan fingerprint density at radius 2 is 2.05 bits per heavy atom. The summed E-state index contributed by atoms with van der Waals surface area (Å²) in [6.07, 6.45) is 6.06. The molecule has 1 heterocycles. The second-order valence-electron chi connectivity index (χ2n) is 5.76. The van der Waals surface area contributed by atoms with Crippen LogP contribution in [0, 0.1) is 0 Å². The first-order valence-electron chi connectivity index (χ1n) is 6.74. The van der Waals surface area contributed by atoms with E-state index in [1.165, 1.54) is 6.26 Å². The summed E-state index contributed by atoms with van der Waals surface area (Å²) < 4.78 is 28.7. The van der Waals surface area contributed by atoms with Crippen LogP contribution < -0.4 is 5.73 Å². The van der Waals surface area contributed by atoms with Crippen LogP contribution >= 0.6 is 0 Å². The summed E-state index contributed by atoms with van der Waals surface area (Å²) >= 11 is 0. The Balaban J connectivity index is 1.94. The average molecular weight is 294 g/mol. The number of sulfone groups is 1. The molecule has 2 N–H and O–H groups in total. The minimum Gasteiger partial charge on any atom is -0.441 e. The van der Waals surface area contributed by atoms with E-state index in [0.29, 0.717) is 23.4 Å². The van der Waals surface area contributed by atoms with Crippen LogP contribution in [-0.2, 0) is 16.3 Å². The minimum atomic E-state index is -3.23. The summed E-state index contributed by atoms with van der Waals surface area (Å²) in [4.78, 5) is 4.64. The molecule has 1 aliphatic carbocycles. The van der Waals surface area contributed by atoms with Crippen molar-refractivity contribution in [2.45, 2.75) is 42.5 Å². The van der Waals surface area contributed by atoms with Crippen molar-refractivity contribution in [2.75, 3.05) is 6.26 Å². The summed E-state index contributed by atoms with van der Waals surface area (Å²) in [7, 11) is -3.23. The number of benzene rings is 1. The van der Waals surface area contributed by atoms with Crippen molar-refractivity contribution >= 4 is 20.9 Å². The lowest BCUT2D eigenvalue weighted by Crippen LogP contribution is -2.38. The van der Waals surface area contributed by atoms with Gasteiger partial charge in [0.05, 0.1) is 4.90 Å². The molecule has 0 atom stereocenters. The third-order valence-electron chi connectivity index (χ3n) is 3.93. The van der Waals surface area contributed by atoms with E-state index >= 15 is 0 Å². The van der Waals surface area contributed by atoms with Crippen molar-refractivity contribution in [1.29, 1.82) is 0 Å². The molecule has 1 aromatic carbocycles. The van der Waals surface area contributed by atoms with E-state index in [-0.39, 0.29) is 10.4 Å². The lowest BCUT2D eigenvalue weighted by atomic mass is 9.95. The van der Waals surface area contributed by atoms with Gasteiger partial charge >= 0.3 is 0 Å². The smallest absolute Gasteiger partial charge is 0.197 e. The fourth-order valence-corrected chi connectivity index (χ4v) is 3.46. The molecule has 1 aliphatic rings. The number of hydrogen-bond donors (Lipinski definition) is 1. The van der Waals surface area contributed by atoms with E-state index in [9.17, 15) is 8.42 Å². The maximum absolute atomic E-state index is 11.5. The Kier molecular flexibility index (Phi) is 3.10. The van der Waals surface area contributed by atoms with Gasteiger partial charge in [0.2, 0.25) is 0 Å². The molecule has 6 heteroatoms. The molecular weight excluding hydrogens is 276 g/mol. The van der Waals surface area contributed by atoms with Crippen molar-refractivity contribution in [2.24, 2.45) is 5.73 Å². The van der Waals surface area contributed by atoms with Gasteiger partial charge in [-0.25, -0.2) is 13.4 Å². The number of rotatable bonds is 3. The molecule has 0 amide bonds. The van der Waals surface area contributed by atoms with Gasteiger partial charge in [0.1, 0.15) is 5.52 Å². The van der Waals surface area contributed by atoms with Gasteiger partial charge < -0.3 is 10.2 Å². The molecule has 1 saturated carbocycles. The van der Waals surface area contributed by atoms with Crippen LogP contribution in [0.5, 0.6) is 0 Å². The summed E-state index contributed by atoms with van der Waals surface area (Å²) in [5.41, 5.74) is 7.27. The van der Waals surface area contributed by atoms with Crippen LogP contribution in [0.4, 0.5) is 0 Å². The summed E-state index contributed by atoms with van der Waals surface area (Å²) in [6, 6.07) is 4.75. The topological polar surface area (TPSA) is 86.2 Å². The minimum absolute atomic E-state index is 0.222. The number of oxazole rings is 1. The number of aromatic nitrogens is 1. The summed E-state index contributed by atoms with van der Waals surface area (Å²) in [6.45, 7) is 0. The molecule has 0 aliphatic heterocycles. The van der Waals surface area contributed by atoms with Crippen molar-refractivity contribution in [1.82, 2.24) is 4.98 Å². The fourth-order valence-electron chi connectivity index (χ4n) is 2.82. The van der Waals surface area contributed by atoms with E-state index in [1.54, 1.807) is 18.2 Å². The first-order valence-corrected chi connectivity index (χ1v) is 8.63. The van der Waals surface area contributed by atoms with Gasteiger partial charge in [-0.3, -0.25) is 0 Å². The third-order valence-corrected chi connectivity index (χ3v) is 5.04. The molecule has 0 spiro atoms. The first kappa shape index (κ1) is 13.6. The predicted octanol–water partition coefficient (Wildman–Crippen LogP) is 2.05. The van der Waals surface area contributed by atoms with Crippen LogP contribution in [0.2, 0.25) is 0 Å². The molecule has 0 saturated heterocycles. The van der Waals surface area contributed by atoms with Crippen LogP contribution in [-0.4, -0.2) is 25.2 Å². The molecule has 5 nitrogen and oxygen atoms in total. The largest absolute Gasteiger partial charge is 0.441 e. The van der Waals surface area contributed by atoms with Crippen molar-refractivity contribution in [3.05, 3.63) is 24.1 Å². The van der Waals surface area contributed by atoms with E-state index in [4.69, 9.17) is 10.2 Å². The molecule has 3 rings (SSSR count). The van der Waals surface area contributed by atoms with Gasteiger partial charge in [-0.2, -0.15) is 0 Å². The molecule has 20 heavy (non-hydrogen) atoms. The Labute approximate surface area is 118 Å². The molecule has 1 aromatic heterocycles. The van der Waals surface area contributed by atoms with E-state index < -0.39 is 9.84 Å². The zero-order chi connectivity index (χ0) is 14.4. The average Bonchev–Trinajstić information content (AvgIpc) is 2.92. The summed E-state index contributed by atoms with van der Waals surface area (Å²) in [5, 5.41) is 0. The zero-order valence-corrected chi connectivity index (χ0v) is 12.2. The van der Waals surface area contributed by atoms with Gasteiger partial charge in [0, 0.05) is 18.2 Å². The maximum atomic E-state index is 11.5. The number of hydrogen-bond acceptors (Lipinski definition) is 5. The molecule has 108 valence electrons. The Hall–Kier alpha value is -1.40.